The van der Waals surface area contributed by atoms with Gasteiger partial charge in [-0.25, -0.2) is 4.39 Å². The molecule has 5 rings (SSSR count). The molecule has 0 bridgehead atoms. The Morgan fingerprint density at radius 3 is 2.66 bits per heavy atom. The number of hydrogen-bond acceptors (Lipinski definition) is 7. The Hall–Kier alpha value is -3.31. The summed E-state index contributed by atoms with van der Waals surface area (Å²) in [5.41, 5.74) is 1.12. The van der Waals surface area contributed by atoms with Crippen molar-refractivity contribution in [3.8, 4) is 0 Å². The normalized spacial score (nSPS) is 21.6. The third-order valence-corrected chi connectivity index (χ3v) is 7.98. The number of halogens is 1. The summed E-state index contributed by atoms with van der Waals surface area (Å²) in [6.07, 6.45) is 3.22. The van der Waals surface area contributed by atoms with E-state index >= 15 is 0 Å². The van der Waals surface area contributed by atoms with E-state index < -0.39 is 34.7 Å². The molecule has 8 nitrogen and oxygen atoms in total. The van der Waals surface area contributed by atoms with Crippen molar-refractivity contribution in [2.75, 3.05) is 5.32 Å². The van der Waals surface area contributed by atoms with E-state index in [-0.39, 0.29) is 17.3 Å². The van der Waals surface area contributed by atoms with Gasteiger partial charge >= 0.3 is 4.87 Å². The quantitative estimate of drug-likeness (QED) is 0.564. The Balaban J connectivity index is 1.52. The number of carbonyl (C=O) groups excluding carboxylic acids is 3. The number of carbonyl (C=O) groups is 3. The summed E-state index contributed by atoms with van der Waals surface area (Å²) in [6.45, 7) is -0.276. The van der Waals surface area contributed by atoms with Crippen LogP contribution in [0.1, 0.15) is 16.4 Å². The third kappa shape index (κ3) is 3.53. The van der Waals surface area contributed by atoms with E-state index in [1.165, 1.54) is 28.8 Å². The highest BCUT2D eigenvalue weighted by atomic mass is 32.2. The number of imide groups is 1. The number of fused-ring (bicyclic) bond motifs is 2. The van der Waals surface area contributed by atoms with Crippen LogP contribution in [0.15, 0.2) is 58.6 Å². The third-order valence-electron chi connectivity index (χ3n) is 5.36. The van der Waals surface area contributed by atoms with Crippen LogP contribution in [-0.2, 0) is 20.9 Å². The number of thiazole rings is 1. The number of amides is 3. The first-order valence-electron chi connectivity index (χ1n) is 9.62. The lowest BCUT2D eigenvalue weighted by Crippen LogP contribution is -2.32. The Morgan fingerprint density at radius 1 is 1.16 bits per heavy atom. The molecule has 32 heavy (non-hydrogen) atoms. The molecule has 0 spiro atoms. The molecule has 3 aromatic rings. The molecule has 0 saturated carbocycles. The zero-order valence-electron chi connectivity index (χ0n) is 16.3. The highest BCUT2D eigenvalue weighted by Gasteiger charge is 2.52. The SMILES string of the molecule is O=C(Cn1c2c(sc1=O)[C@@H](c1cccnc1)C1C(=O)NC(=O)C1S2)Nc1ccc(F)cc1. The van der Waals surface area contributed by atoms with E-state index in [9.17, 15) is 23.6 Å². The Bertz CT molecular complexity index is 1290. The lowest BCUT2D eigenvalue weighted by Gasteiger charge is -2.30. The Labute approximate surface area is 188 Å². The fourth-order valence-corrected chi connectivity index (χ4v) is 6.71. The van der Waals surface area contributed by atoms with Crippen LogP contribution in [0.5, 0.6) is 0 Å². The van der Waals surface area contributed by atoms with Gasteiger partial charge in [-0.2, -0.15) is 0 Å². The van der Waals surface area contributed by atoms with Gasteiger partial charge in [-0.1, -0.05) is 29.2 Å². The molecule has 2 aliphatic heterocycles. The first-order valence-corrected chi connectivity index (χ1v) is 11.3. The second-order valence-corrected chi connectivity index (χ2v) is 9.48. The molecule has 1 saturated heterocycles. The predicted octanol–water partition coefficient (Wildman–Crippen LogP) is 1.96. The number of nitrogens with zero attached hydrogens (tertiary/aromatic N) is 2. The molecule has 2 aromatic heterocycles. The van der Waals surface area contributed by atoms with E-state index in [0.29, 0.717) is 15.6 Å². The number of nitrogens with one attached hydrogen (secondary N) is 2. The molecular weight excluding hydrogens is 455 g/mol. The van der Waals surface area contributed by atoms with Crippen molar-refractivity contribution < 1.29 is 18.8 Å². The van der Waals surface area contributed by atoms with Crippen molar-refractivity contribution in [1.82, 2.24) is 14.9 Å². The smallest absolute Gasteiger partial charge is 0.308 e. The summed E-state index contributed by atoms with van der Waals surface area (Å²) in [6, 6.07) is 8.82. The Kier molecular flexibility index (Phi) is 5.14. The number of aromatic nitrogens is 2. The molecule has 2 aliphatic rings. The van der Waals surface area contributed by atoms with Crippen LogP contribution in [0, 0.1) is 11.7 Å². The van der Waals surface area contributed by atoms with Crippen molar-refractivity contribution in [1.29, 1.82) is 0 Å². The Morgan fingerprint density at radius 2 is 1.94 bits per heavy atom. The maximum absolute atomic E-state index is 13.1. The van der Waals surface area contributed by atoms with Gasteiger partial charge in [0.15, 0.2) is 0 Å². The summed E-state index contributed by atoms with van der Waals surface area (Å²) in [7, 11) is 0. The van der Waals surface area contributed by atoms with Crippen molar-refractivity contribution >= 4 is 46.5 Å². The lowest BCUT2D eigenvalue weighted by molar-refractivity contribution is -0.126. The molecule has 0 aliphatic carbocycles. The summed E-state index contributed by atoms with van der Waals surface area (Å²) >= 11 is 2.09. The molecule has 3 amide bonds. The van der Waals surface area contributed by atoms with Crippen LogP contribution in [0.3, 0.4) is 0 Å². The van der Waals surface area contributed by atoms with Crippen LogP contribution in [-0.4, -0.2) is 32.5 Å². The molecule has 2 unspecified atom stereocenters. The molecule has 11 heteroatoms. The van der Waals surface area contributed by atoms with Crippen molar-refractivity contribution in [2.45, 2.75) is 22.7 Å². The second-order valence-electron chi connectivity index (χ2n) is 7.36. The number of thioether (sulfide) groups is 1. The monoisotopic (exact) mass is 470 g/mol. The molecule has 1 aromatic carbocycles. The van der Waals surface area contributed by atoms with Gasteiger partial charge in [0.2, 0.25) is 17.7 Å². The number of benzene rings is 1. The largest absolute Gasteiger partial charge is 0.325 e. The summed E-state index contributed by atoms with van der Waals surface area (Å²) in [5.74, 6) is -2.87. The lowest BCUT2D eigenvalue weighted by atomic mass is 9.84. The van der Waals surface area contributed by atoms with Crippen LogP contribution in [0.2, 0.25) is 0 Å². The fraction of sp³-hybridized carbons (Fsp3) is 0.190. The molecule has 3 atom stereocenters. The van der Waals surface area contributed by atoms with Gasteiger partial charge in [-0.15, -0.1) is 0 Å². The first kappa shape index (κ1) is 20.6. The standard InChI is InChI=1S/C21H15FN4O4S2/c22-11-3-5-12(6-4-11)24-13(27)9-26-20-17(32-21(26)30)14(10-2-1-7-23-8-10)15-16(31-20)19(29)25-18(15)28/h1-8,14-16H,9H2,(H,24,27)(H,25,28,29)/t14-,15?,16?/m0/s1. The van der Waals surface area contributed by atoms with Gasteiger partial charge in [0, 0.05) is 28.9 Å². The van der Waals surface area contributed by atoms with Crippen LogP contribution < -0.4 is 15.5 Å². The van der Waals surface area contributed by atoms with Gasteiger partial charge in [-0.3, -0.25) is 34.0 Å². The predicted molar refractivity (Wildman–Crippen MR) is 116 cm³/mol. The van der Waals surface area contributed by atoms with E-state index in [2.05, 4.69) is 15.6 Å². The summed E-state index contributed by atoms with van der Waals surface area (Å²) < 4.78 is 14.4. The highest BCUT2D eigenvalue weighted by Crippen LogP contribution is 2.51. The minimum absolute atomic E-state index is 0.276. The molecule has 2 N–H and O–H groups in total. The van der Waals surface area contributed by atoms with Gasteiger partial charge in [0.25, 0.3) is 0 Å². The average molecular weight is 471 g/mol. The van der Waals surface area contributed by atoms with E-state index in [4.69, 9.17) is 0 Å². The fourth-order valence-electron chi connectivity index (χ4n) is 3.97. The minimum atomic E-state index is -0.708. The highest BCUT2D eigenvalue weighted by molar-refractivity contribution is 8.00. The first-order chi connectivity index (χ1) is 15.4. The van der Waals surface area contributed by atoms with E-state index in [1.54, 1.807) is 24.5 Å². The number of anilines is 1. The average Bonchev–Trinajstić information content (AvgIpc) is 3.24. The zero-order chi connectivity index (χ0) is 22.4. The topological polar surface area (TPSA) is 110 Å². The van der Waals surface area contributed by atoms with Crippen molar-refractivity contribution in [3.05, 3.63) is 74.7 Å². The van der Waals surface area contributed by atoms with Crippen LogP contribution in [0.4, 0.5) is 10.1 Å². The van der Waals surface area contributed by atoms with Gasteiger partial charge < -0.3 is 5.32 Å². The summed E-state index contributed by atoms with van der Waals surface area (Å²) in [4.78, 5) is 54.8. The van der Waals surface area contributed by atoms with Crippen LogP contribution >= 0.6 is 23.1 Å². The van der Waals surface area contributed by atoms with Crippen molar-refractivity contribution in [2.24, 2.45) is 5.92 Å². The second kappa shape index (κ2) is 7.99. The molecular formula is C21H15FN4O4S2. The number of rotatable bonds is 4. The van der Waals surface area contributed by atoms with E-state index in [0.717, 1.165) is 28.7 Å². The maximum Gasteiger partial charge on any atom is 0.308 e. The van der Waals surface area contributed by atoms with Gasteiger partial charge in [0.05, 0.1) is 10.9 Å². The number of hydrogen-bond donors (Lipinski definition) is 2. The van der Waals surface area contributed by atoms with Crippen LogP contribution in [0.25, 0.3) is 0 Å². The molecule has 162 valence electrons. The molecule has 0 radical (unpaired) electrons. The number of pyridine rings is 1. The maximum atomic E-state index is 13.1. The van der Waals surface area contributed by atoms with Gasteiger partial charge in [0.1, 0.15) is 17.6 Å². The molecule has 1 fully saturated rings. The van der Waals surface area contributed by atoms with Gasteiger partial charge in [-0.05, 0) is 35.9 Å². The molecule has 4 heterocycles. The minimum Gasteiger partial charge on any atom is -0.325 e. The summed E-state index contributed by atoms with van der Waals surface area (Å²) in [5, 5.41) is 4.80. The van der Waals surface area contributed by atoms with E-state index in [1.807, 2.05) is 0 Å². The zero-order valence-corrected chi connectivity index (χ0v) is 17.9. The van der Waals surface area contributed by atoms with Crippen molar-refractivity contribution in [3.63, 3.8) is 0 Å².